The van der Waals surface area contributed by atoms with E-state index in [0.717, 1.165) is 25.3 Å². The van der Waals surface area contributed by atoms with Gasteiger partial charge in [0.15, 0.2) is 0 Å². The van der Waals surface area contributed by atoms with E-state index in [2.05, 4.69) is 40.9 Å². The summed E-state index contributed by atoms with van der Waals surface area (Å²) in [7, 11) is 0. The fraction of sp³-hybridized carbons (Fsp3) is 0.706. The minimum absolute atomic E-state index is 0.0131. The maximum Gasteiger partial charge on any atom is 0.241 e. The van der Waals surface area contributed by atoms with Crippen molar-refractivity contribution in [2.24, 2.45) is 11.8 Å². The van der Waals surface area contributed by atoms with Crippen LogP contribution in [0, 0.1) is 11.8 Å². The quantitative estimate of drug-likeness (QED) is 0.831. The number of carbonyl (C=O) groups is 1. The van der Waals surface area contributed by atoms with Crippen molar-refractivity contribution in [1.29, 1.82) is 0 Å². The Kier molecular flexibility index (Phi) is 4.65. The molecule has 0 aromatic carbocycles. The summed E-state index contributed by atoms with van der Waals surface area (Å²) < 4.78 is 0. The zero-order chi connectivity index (χ0) is 14.8. The van der Waals surface area contributed by atoms with Gasteiger partial charge < -0.3 is 4.90 Å². The third kappa shape index (κ3) is 3.32. The molecule has 1 aliphatic heterocycles. The van der Waals surface area contributed by atoms with Crippen LogP contribution in [0.4, 0.5) is 0 Å². The van der Waals surface area contributed by atoms with Gasteiger partial charge in [-0.25, -0.2) is 0 Å². The number of amides is 1. The van der Waals surface area contributed by atoms with Crippen LogP contribution in [0.3, 0.4) is 0 Å². The number of carbonyl (C=O) groups excluding carboxylic acids is 1. The van der Waals surface area contributed by atoms with Crippen molar-refractivity contribution in [3.63, 3.8) is 0 Å². The van der Waals surface area contributed by atoms with E-state index in [4.69, 9.17) is 0 Å². The van der Waals surface area contributed by atoms with E-state index in [1.165, 1.54) is 24.8 Å². The van der Waals surface area contributed by atoms with Gasteiger partial charge in [-0.15, -0.1) is 0 Å². The largest absolute Gasteiger partial charge is 0.322 e. The van der Waals surface area contributed by atoms with Crippen LogP contribution >= 0.6 is 11.3 Å². The molecule has 21 heavy (non-hydrogen) atoms. The van der Waals surface area contributed by atoms with Gasteiger partial charge in [-0.1, -0.05) is 33.1 Å². The highest BCUT2D eigenvalue weighted by Crippen LogP contribution is 2.35. The van der Waals surface area contributed by atoms with Crippen molar-refractivity contribution >= 4 is 17.2 Å². The van der Waals surface area contributed by atoms with Crippen LogP contribution < -0.4 is 5.32 Å². The molecule has 2 fully saturated rings. The Labute approximate surface area is 131 Å². The second kappa shape index (κ2) is 6.49. The highest BCUT2D eigenvalue weighted by Gasteiger charge is 2.41. The minimum Gasteiger partial charge on any atom is -0.322 e. The number of rotatable bonds is 7. The number of nitrogens with zero attached hydrogens (tertiary/aromatic N) is 1. The maximum atomic E-state index is 12.8. The van der Waals surface area contributed by atoms with Gasteiger partial charge in [0.05, 0.1) is 6.04 Å². The smallest absolute Gasteiger partial charge is 0.241 e. The SMILES string of the molecule is CCC(C)C1NC(c2ccsc2)N(CCCC2CC2)C1=O. The molecule has 0 radical (unpaired) electrons. The second-order valence-corrected chi connectivity index (χ2v) is 7.39. The standard InChI is InChI=1S/C17H26N2OS/c1-3-12(2)15-17(20)19(9-4-5-13-6-7-13)16(18-15)14-8-10-21-11-14/h8,10-13,15-16,18H,3-7,9H2,1-2H3. The summed E-state index contributed by atoms with van der Waals surface area (Å²) in [5.41, 5.74) is 1.24. The predicted molar refractivity (Wildman–Crippen MR) is 87.1 cm³/mol. The Morgan fingerprint density at radius 3 is 2.90 bits per heavy atom. The molecule has 2 aliphatic rings. The summed E-state index contributed by atoms with van der Waals surface area (Å²) in [5, 5.41) is 7.84. The maximum absolute atomic E-state index is 12.8. The van der Waals surface area contributed by atoms with Crippen LogP contribution in [0.1, 0.15) is 57.7 Å². The topological polar surface area (TPSA) is 32.3 Å². The van der Waals surface area contributed by atoms with E-state index in [0.29, 0.717) is 11.8 Å². The van der Waals surface area contributed by atoms with Gasteiger partial charge in [-0.3, -0.25) is 10.1 Å². The molecular formula is C17H26N2OS. The van der Waals surface area contributed by atoms with Gasteiger partial charge >= 0.3 is 0 Å². The average Bonchev–Trinajstić information content (AvgIpc) is 3.03. The van der Waals surface area contributed by atoms with Gasteiger partial charge in [0.1, 0.15) is 6.17 Å². The molecule has 116 valence electrons. The van der Waals surface area contributed by atoms with E-state index in [-0.39, 0.29) is 12.2 Å². The van der Waals surface area contributed by atoms with Crippen molar-refractivity contribution < 1.29 is 4.79 Å². The summed E-state index contributed by atoms with van der Waals surface area (Å²) in [4.78, 5) is 14.9. The molecule has 1 amide bonds. The first kappa shape index (κ1) is 15.0. The van der Waals surface area contributed by atoms with Crippen LogP contribution in [0.2, 0.25) is 0 Å². The third-order valence-corrected chi connectivity index (χ3v) is 5.68. The van der Waals surface area contributed by atoms with E-state index in [9.17, 15) is 4.79 Å². The minimum atomic E-state index is -0.0131. The second-order valence-electron chi connectivity index (χ2n) is 6.61. The van der Waals surface area contributed by atoms with Crippen LogP contribution in [-0.2, 0) is 4.79 Å². The monoisotopic (exact) mass is 306 g/mol. The molecule has 2 heterocycles. The molecule has 1 N–H and O–H groups in total. The van der Waals surface area contributed by atoms with Crippen molar-refractivity contribution in [1.82, 2.24) is 10.2 Å². The molecule has 3 atom stereocenters. The van der Waals surface area contributed by atoms with E-state index < -0.39 is 0 Å². The molecule has 1 saturated heterocycles. The molecule has 0 spiro atoms. The number of hydrogen-bond acceptors (Lipinski definition) is 3. The molecule has 1 aromatic rings. The molecular weight excluding hydrogens is 280 g/mol. The Morgan fingerprint density at radius 1 is 1.48 bits per heavy atom. The molecule has 4 heteroatoms. The lowest BCUT2D eigenvalue weighted by Crippen LogP contribution is -2.35. The third-order valence-electron chi connectivity index (χ3n) is 4.98. The summed E-state index contributed by atoms with van der Waals surface area (Å²) in [6.45, 7) is 5.23. The molecule has 1 aliphatic carbocycles. The van der Waals surface area contributed by atoms with Gasteiger partial charge in [-0.2, -0.15) is 11.3 Å². The van der Waals surface area contributed by atoms with Crippen molar-refractivity contribution in [3.05, 3.63) is 22.4 Å². The van der Waals surface area contributed by atoms with Crippen molar-refractivity contribution in [2.75, 3.05) is 6.54 Å². The fourth-order valence-electron chi connectivity index (χ4n) is 3.18. The van der Waals surface area contributed by atoms with Gasteiger partial charge in [-0.05, 0) is 47.1 Å². The molecule has 3 unspecified atom stereocenters. The fourth-order valence-corrected chi connectivity index (χ4v) is 3.86. The summed E-state index contributed by atoms with van der Waals surface area (Å²) >= 11 is 1.71. The predicted octanol–water partition coefficient (Wildman–Crippen LogP) is 3.78. The number of thiophene rings is 1. The highest BCUT2D eigenvalue weighted by atomic mass is 32.1. The summed E-state index contributed by atoms with van der Waals surface area (Å²) in [6, 6.07) is 2.13. The first-order valence-electron chi connectivity index (χ1n) is 8.29. The number of nitrogens with one attached hydrogen (secondary N) is 1. The molecule has 3 nitrogen and oxygen atoms in total. The van der Waals surface area contributed by atoms with Gasteiger partial charge in [0.2, 0.25) is 5.91 Å². The van der Waals surface area contributed by atoms with Crippen molar-refractivity contribution in [3.8, 4) is 0 Å². The first-order valence-corrected chi connectivity index (χ1v) is 9.23. The zero-order valence-electron chi connectivity index (χ0n) is 13.0. The lowest BCUT2D eigenvalue weighted by atomic mass is 9.99. The Balaban J connectivity index is 1.69. The summed E-state index contributed by atoms with van der Waals surface area (Å²) in [6.07, 6.45) is 6.35. The van der Waals surface area contributed by atoms with Crippen LogP contribution in [0.5, 0.6) is 0 Å². The van der Waals surface area contributed by atoms with Crippen LogP contribution in [0.15, 0.2) is 16.8 Å². The zero-order valence-corrected chi connectivity index (χ0v) is 13.9. The van der Waals surface area contributed by atoms with Gasteiger partial charge in [0, 0.05) is 6.54 Å². The molecule has 0 bridgehead atoms. The molecule has 3 rings (SSSR count). The van der Waals surface area contributed by atoms with E-state index in [1.54, 1.807) is 11.3 Å². The Hall–Kier alpha value is -0.870. The highest BCUT2D eigenvalue weighted by molar-refractivity contribution is 7.07. The van der Waals surface area contributed by atoms with E-state index >= 15 is 0 Å². The first-order chi connectivity index (χ1) is 10.2. The van der Waals surface area contributed by atoms with E-state index in [1.807, 2.05) is 0 Å². The Bertz CT molecular complexity index is 469. The average molecular weight is 306 g/mol. The molecule has 1 saturated carbocycles. The van der Waals surface area contributed by atoms with Crippen LogP contribution in [-0.4, -0.2) is 23.4 Å². The lowest BCUT2D eigenvalue weighted by Gasteiger charge is -2.23. The lowest BCUT2D eigenvalue weighted by molar-refractivity contribution is -0.131. The van der Waals surface area contributed by atoms with Crippen molar-refractivity contribution in [2.45, 2.75) is 58.2 Å². The summed E-state index contributed by atoms with van der Waals surface area (Å²) in [5.74, 6) is 1.64. The normalized spacial score (nSPS) is 27.3. The Morgan fingerprint density at radius 2 is 2.29 bits per heavy atom. The van der Waals surface area contributed by atoms with Gasteiger partial charge in [0.25, 0.3) is 0 Å². The van der Waals surface area contributed by atoms with Crippen LogP contribution in [0.25, 0.3) is 0 Å². The number of hydrogen-bond donors (Lipinski definition) is 1. The molecule has 1 aromatic heterocycles.